The number of hydrogen-bond acceptors (Lipinski definition) is 4. The SMILES string of the molecule is CCCCN(C)S(=O)(=O)N(C)CC1(O)CCOCC1. The zero-order valence-electron chi connectivity index (χ0n) is 12.1. The minimum absolute atomic E-state index is 0.120. The van der Waals surface area contributed by atoms with Crippen molar-refractivity contribution < 1.29 is 18.3 Å². The summed E-state index contributed by atoms with van der Waals surface area (Å²) in [6.45, 7) is 3.61. The van der Waals surface area contributed by atoms with E-state index in [9.17, 15) is 13.5 Å². The third-order valence-electron chi connectivity index (χ3n) is 3.55. The molecule has 19 heavy (non-hydrogen) atoms. The lowest BCUT2D eigenvalue weighted by Crippen LogP contribution is -2.50. The summed E-state index contributed by atoms with van der Waals surface area (Å²) >= 11 is 0. The Kier molecular flexibility index (Phi) is 6.19. The van der Waals surface area contributed by atoms with Crippen molar-refractivity contribution in [2.45, 2.75) is 38.2 Å². The van der Waals surface area contributed by atoms with E-state index in [1.807, 2.05) is 6.92 Å². The lowest BCUT2D eigenvalue weighted by Gasteiger charge is -2.36. The van der Waals surface area contributed by atoms with Crippen molar-refractivity contribution in [3.8, 4) is 0 Å². The van der Waals surface area contributed by atoms with Gasteiger partial charge in [0.15, 0.2) is 0 Å². The van der Waals surface area contributed by atoms with E-state index in [4.69, 9.17) is 4.74 Å². The smallest absolute Gasteiger partial charge is 0.281 e. The van der Waals surface area contributed by atoms with Crippen LogP contribution in [0.5, 0.6) is 0 Å². The Morgan fingerprint density at radius 2 is 1.79 bits per heavy atom. The first-order valence-corrected chi connectivity index (χ1v) is 8.19. The average Bonchev–Trinajstić information content (AvgIpc) is 2.36. The van der Waals surface area contributed by atoms with Gasteiger partial charge in [-0.3, -0.25) is 0 Å². The zero-order chi connectivity index (χ0) is 14.5. The van der Waals surface area contributed by atoms with Gasteiger partial charge in [0.25, 0.3) is 10.2 Å². The van der Waals surface area contributed by atoms with Crippen LogP contribution in [0.1, 0.15) is 32.6 Å². The molecule has 0 aromatic heterocycles. The molecule has 0 amide bonds. The molecule has 0 aromatic rings. The number of nitrogens with zero attached hydrogens (tertiary/aromatic N) is 2. The van der Waals surface area contributed by atoms with Crippen LogP contribution in [0.25, 0.3) is 0 Å². The Bertz CT molecular complexity index is 366. The summed E-state index contributed by atoms with van der Waals surface area (Å²) in [7, 11) is -0.385. The van der Waals surface area contributed by atoms with Crippen LogP contribution in [-0.4, -0.2) is 68.1 Å². The molecule has 1 heterocycles. The molecule has 6 nitrogen and oxygen atoms in total. The molecule has 0 radical (unpaired) electrons. The molecular formula is C12H26N2O4S. The highest BCUT2D eigenvalue weighted by Gasteiger charge is 2.35. The third kappa shape index (κ3) is 4.68. The number of aliphatic hydroxyl groups is 1. The highest BCUT2D eigenvalue weighted by Crippen LogP contribution is 2.22. The minimum Gasteiger partial charge on any atom is -0.388 e. The van der Waals surface area contributed by atoms with E-state index in [2.05, 4.69) is 0 Å². The molecule has 1 aliphatic heterocycles. The zero-order valence-corrected chi connectivity index (χ0v) is 12.9. The van der Waals surface area contributed by atoms with Crippen molar-refractivity contribution in [3.63, 3.8) is 0 Å². The van der Waals surface area contributed by atoms with Gasteiger partial charge in [0.05, 0.1) is 5.60 Å². The van der Waals surface area contributed by atoms with Crippen molar-refractivity contribution in [2.75, 3.05) is 40.4 Å². The molecule has 0 aliphatic carbocycles. The molecule has 0 spiro atoms. The van der Waals surface area contributed by atoms with Gasteiger partial charge < -0.3 is 9.84 Å². The van der Waals surface area contributed by atoms with E-state index in [-0.39, 0.29) is 6.54 Å². The number of likely N-dealkylation sites (N-methyl/N-ethyl adjacent to an activating group) is 1. The Morgan fingerprint density at radius 1 is 1.21 bits per heavy atom. The van der Waals surface area contributed by atoms with Crippen LogP contribution in [0.15, 0.2) is 0 Å². The van der Waals surface area contributed by atoms with Gasteiger partial charge in [-0.15, -0.1) is 0 Å². The van der Waals surface area contributed by atoms with E-state index in [0.717, 1.165) is 12.8 Å². The largest absolute Gasteiger partial charge is 0.388 e. The van der Waals surface area contributed by atoms with Gasteiger partial charge in [-0.05, 0) is 6.42 Å². The molecule has 0 aromatic carbocycles. The molecule has 1 N–H and O–H groups in total. The second-order valence-electron chi connectivity index (χ2n) is 5.28. The molecule has 114 valence electrons. The van der Waals surface area contributed by atoms with Crippen molar-refractivity contribution in [1.29, 1.82) is 0 Å². The highest BCUT2D eigenvalue weighted by molar-refractivity contribution is 7.86. The van der Waals surface area contributed by atoms with Crippen molar-refractivity contribution in [1.82, 2.24) is 8.61 Å². The molecule has 1 rings (SSSR count). The summed E-state index contributed by atoms with van der Waals surface area (Å²) in [6, 6.07) is 0. The van der Waals surface area contributed by atoms with E-state index in [1.165, 1.54) is 15.7 Å². The van der Waals surface area contributed by atoms with Gasteiger partial charge in [-0.2, -0.15) is 17.0 Å². The molecule has 0 bridgehead atoms. The van der Waals surface area contributed by atoms with Crippen molar-refractivity contribution in [2.24, 2.45) is 0 Å². The average molecular weight is 294 g/mol. The summed E-state index contributed by atoms with van der Waals surface area (Å²) in [5, 5.41) is 10.4. The Balaban J connectivity index is 2.62. The first kappa shape index (κ1) is 16.8. The molecule has 0 atom stereocenters. The van der Waals surface area contributed by atoms with Gasteiger partial charge in [0.1, 0.15) is 0 Å². The van der Waals surface area contributed by atoms with Crippen LogP contribution in [-0.2, 0) is 14.9 Å². The summed E-state index contributed by atoms with van der Waals surface area (Å²) in [6.07, 6.45) is 2.74. The molecule has 1 saturated heterocycles. The number of rotatable bonds is 7. The van der Waals surface area contributed by atoms with Gasteiger partial charge in [-0.1, -0.05) is 13.3 Å². The first-order valence-electron chi connectivity index (χ1n) is 6.79. The lowest BCUT2D eigenvalue weighted by atomic mass is 9.95. The maximum Gasteiger partial charge on any atom is 0.281 e. The number of unbranched alkanes of at least 4 members (excludes halogenated alkanes) is 1. The Labute approximate surface area is 116 Å². The fraction of sp³-hybridized carbons (Fsp3) is 1.00. The third-order valence-corrected chi connectivity index (χ3v) is 5.44. The van der Waals surface area contributed by atoms with Crippen LogP contribution in [0, 0.1) is 0 Å². The van der Waals surface area contributed by atoms with Gasteiger partial charge in [0.2, 0.25) is 0 Å². The van der Waals surface area contributed by atoms with Crippen molar-refractivity contribution >= 4 is 10.2 Å². The predicted octanol–water partition coefficient (Wildman–Crippen LogP) is 0.436. The number of hydrogen-bond donors (Lipinski definition) is 1. The Morgan fingerprint density at radius 3 is 2.32 bits per heavy atom. The Hall–Kier alpha value is -0.210. The molecule has 1 aliphatic rings. The molecule has 1 fully saturated rings. The van der Waals surface area contributed by atoms with Crippen molar-refractivity contribution in [3.05, 3.63) is 0 Å². The van der Waals surface area contributed by atoms with Crippen LogP contribution in [0.4, 0.5) is 0 Å². The molecule has 0 unspecified atom stereocenters. The summed E-state index contributed by atoms with van der Waals surface area (Å²) in [5.74, 6) is 0. The van der Waals surface area contributed by atoms with Gasteiger partial charge >= 0.3 is 0 Å². The molecular weight excluding hydrogens is 268 g/mol. The topological polar surface area (TPSA) is 70.1 Å². The normalized spacial score (nSPS) is 20.1. The fourth-order valence-electron chi connectivity index (χ4n) is 2.14. The van der Waals surface area contributed by atoms with Crippen LogP contribution >= 0.6 is 0 Å². The minimum atomic E-state index is -3.48. The van der Waals surface area contributed by atoms with Crippen LogP contribution in [0.3, 0.4) is 0 Å². The quantitative estimate of drug-likeness (QED) is 0.739. The van der Waals surface area contributed by atoms with E-state index >= 15 is 0 Å². The monoisotopic (exact) mass is 294 g/mol. The maximum absolute atomic E-state index is 12.3. The van der Waals surface area contributed by atoms with E-state index in [1.54, 1.807) is 7.05 Å². The summed E-state index contributed by atoms with van der Waals surface area (Å²) < 4.78 is 32.3. The predicted molar refractivity (Wildman–Crippen MR) is 74.1 cm³/mol. The van der Waals surface area contributed by atoms with Crippen LogP contribution in [0.2, 0.25) is 0 Å². The summed E-state index contributed by atoms with van der Waals surface area (Å²) in [5.41, 5.74) is -0.967. The van der Waals surface area contributed by atoms with E-state index < -0.39 is 15.8 Å². The molecule has 0 saturated carbocycles. The van der Waals surface area contributed by atoms with Gasteiger partial charge in [-0.25, -0.2) is 0 Å². The standard InChI is InChI=1S/C12H26N2O4S/c1-4-5-8-13(2)19(16,17)14(3)11-12(15)6-9-18-10-7-12/h15H,4-11H2,1-3H3. The lowest BCUT2D eigenvalue weighted by molar-refractivity contribution is -0.0693. The number of ether oxygens (including phenoxy) is 1. The second kappa shape index (κ2) is 6.99. The second-order valence-corrected chi connectivity index (χ2v) is 7.42. The van der Waals surface area contributed by atoms with Crippen LogP contribution < -0.4 is 0 Å². The van der Waals surface area contributed by atoms with Gasteiger partial charge in [0, 0.05) is 53.2 Å². The molecule has 7 heteroatoms. The first-order chi connectivity index (χ1) is 8.82. The summed E-state index contributed by atoms with van der Waals surface area (Å²) in [4.78, 5) is 0. The highest BCUT2D eigenvalue weighted by atomic mass is 32.2. The maximum atomic E-state index is 12.3. The van der Waals surface area contributed by atoms with E-state index in [0.29, 0.717) is 32.6 Å². The fourth-order valence-corrected chi connectivity index (χ4v) is 3.38.